The maximum Gasteiger partial charge on any atom is 0.140 e. The largest absolute Gasteiger partial charge is 0.494 e. The molecule has 2 heteroatoms. The third-order valence-electron chi connectivity index (χ3n) is 6.01. The van der Waals surface area contributed by atoms with E-state index >= 15 is 0 Å². The van der Waals surface area contributed by atoms with Gasteiger partial charge in [-0.1, -0.05) is 83.8 Å². The molecule has 0 amide bonds. The fourth-order valence-electron chi connectivity index (χ4n) is 4.23. The first-order valence-electron chi connectivity index (χ1n) is 11.5. The van der Waals surface area contributed by atoms with Gasteiger partial charge in [-0.05, 0) is 42.9 Å². The van der Waals surface area contributed by atoms with Crippen LogP contribution in [0.5, 0.6) is 5.75 Å². The van der Waals surface area contributed by atoms with Crippen LogP contribution < -0.4 is 4.74 Å². The van der Waals surface area contributed by atoms with Crippen molar-refractivity contribution in [2.75, 3.05) is 6.61 Å². The number of carbonyl (C=O) groups is 1. The molecule has 0 bridgehead atoms. The zero-order valence-corrected chi connectivity index (χ0v) is 17.7. The molecule has 27 heavy (non-hydrogen) atoms. The summed E-state index contributed by atoms with van der Waals surface area (Å²) in [7, 11) is 0. The first kappa shape index (κ1) is 22.0. The number of benzene rings is 1. The summed E-state index contributed by atoms with van der Waals surface area (Å²) in [6.45, 7) is 5.28. The predicted octanol–water partition coefficient (Wildman–Crippen LogP) is 7.46. The number of carbonyl (C=O) groups excluding carboxylic acids is 1. The standard InChI is InChI=1S/C25H40O2/c1-3-5-7-8-9-10-11-19-27-23-16-14-22(15-17-23)24-18-13-21(12-6-4-2)20-25(24)26/h14-17,21,24H,3-13,18-20H2,1-2H3/t21-,24+/m1/s1. The van der Waals surface area contributed by atoms with E-state index in [1.807, 2.05) is 12.1 Å². The Bertz CT molecular complexity index is 520. The molecule has 0 spiro atoms. The van der Waals surface area contributed by atoms with Crippen molar-refractivity contribution in [1.82, 2.24) is 0 Å². The van der Waals surface area contributed by atoms with Crippen molar-refractivity contribution in [2.45, 2.75) is 103 Å². The van der Waals surface area contributed by atoms with Gasteiger partial charge in [0.05, 0.1) is 6.61 Å². The maximum atomic E-state index is 12.6. The van der Waals surface area contributed by atoms with Crippen LogP contribution in [0, 0.1) is 5.92 Å². The van der Waals surface area contributed by atoms with Crippen molar-refractivity contribution in [3.8, 4) is 5.75 Å². The molecule has 0 heterocycles. The Morgan fingerprint density at radius 1 is 0.852 bits per heavy atom. The van der Waals surface area contributed by atoms with Crippen LogP contribution in [0.1, 0.15) is 109 Å². The molecule has 1 aromatic carbocycles. The Labute approximate surface area is 167 Å². The third-order valence-corrected chi connectivity index (χ3v) is 6.01. The number of unbranched alkanes of at least 4 members (excludes halogenated alkanes) is 7. The molecule has 1 aliphatic carbocycles. The van der Waals surface area contributed by atoms with Crippen LogP contribution in [0.25, 0.3) is 0 Å². The highest BCUT2D eigenvalue weighted by atomic mass is 16.5. The van der Waals surface area contributed by atoms with Crippen LogP contribution in [0.3, 0.4) is 0 Å². The van der Waals surface area contributed by atoms with Crippen molar-refractivity contribution in [1.29, 1.82) is 0 Å². The predicted molar refractivity (Wildman–Crippen MR) is 115 cm³/mol. The summed E-state index contributed by atoms with van der Waals surface area (Å²) in [5, 5.41) is 0. The summed E-state index contributed by atoms with van der Waals surface area (Å²) in [5.41, 5.74) is 1.18. The molecule has 1 aromatic rings. The van der Waals surface area contributed by atoms with Gasteiger partial charge in [0.1, 0.15) is 11.5 Å². The minimum absolute atomic E-state index is 0.111. The van der Waals surface area contributed by atoms with Gasteiger partial charge in [0.25, 0.3) is 0 Å². The molecule has 1 aliphatic rings. The van der Waals surface area contributed by atoms with Gasteiger partial charge in [0.2, 0.25) is 0 Å². The summed E-state index contributed by atoms with van der Waals surface area (Å²) in [6.07, 6.45) is 15.8. The van der Waals surface area contributed by atoms with E-state index in [1.54, 1.807) is 0 Å². The lowest BCUT2D eigenvalue weighted by Gasteiger charge is -2.27. The fourth-order valence-corrected chi connectivity index (χ4v) is 4.23. The van der Waals surface area contributed by atoms with E-state index in [-0.39, 0.29) is 5.92 Å². The van der Waals surface area contributed by atoms with E-state index in [0.29, 0.717) is 11.7 Å². The topological polar surface area (TPSA) is 26.3 Å². The average molecular weight is 373 g/mol. The van der Waals surface area contributed by atoms with Gasteiger partial charge in [-0.2, -0.15) is 0 Å². The van der Waals surface area contributed by atoms with E-state index < -0.39 is 0 Å². The van der Waals surface area contributed by atoms with E-state index in [2.05, 4.69) is 26.0 Å². The molecular weight excluding hydrogens is 332 g/mol. The zero-order valence-electron chi connectivity index (χ0n) is 17.7. The summed E-state index contributed by atoms with van der Waals surface area (Å²) in [4.78, 5) is 12.6. The van der Waals surface area contributed by atoms with Crippen LogP contribution in [0.4, 0.5) is 0 Å². The van der Waals surface area contributed by atoms with E-state index in [0.717, 1.165) is 31.6 Å². The molecule has 152 valence electrons. The highest BCUT2D eigenvalue weighted by molar-refractivity contribution is 5.86. The lowest BCUT2D eigenvalue weighted by Crippen LogP contribution is -2.23. The second-order valence-corrected chi connectivity index (χ2v) is 8.35. The van der Waals surface area contributed by atoms with E-state index in [9.17, 15) is 4.79 Å². The number of Topliss-reactive ketones (excluding diaryl/α,β-unsaturated/α-hetero) is 1. The summed E-state index contributed by atoms with van der Waals surface area (Å²) < 4.78 is 5.88. The minimum atomic E-state index is 0.111. The van der Waals surface area contributed by atoms with Crippen molar-refractivity contribution >= 4 is 5.78 Å². The molecule has 0 unspecified atom stereocenters. The van der Waals surface area contributed by atoms with Gasteiger partial charge in [0, 0.05) is 12.3 Å². The molecule has 1 saturated carbocycles. The zero-order chi connectivity index (χ0) is 19.3. The van der Waals surface area contributed by atoms with Crippen LogP contribution in [0.15, 0.2) is 24.3 Å². The molecular formula is C25H40O2. The number of ketones is 1. The van der Waals surface area contributed by atoms with Crippen LogP contribution in [-0.2, 0) is 4.79 Å². The summed E-state index contributed by atoms with van der Waals surface area (Å²) in [6, 6.07) is 8.31. The second-order valence-electron chi connectivity index (χ2n) is 8.35. The first-order valence-corrected chi connectivity index (χ1v) is 11.5. The third kappa shape index (κ3) is 8.07. The van der Waals surface area contributed by atoms with Crippen LogP contribution in [0.2, 0.25) is 0 Å². The quantitative estimate of drug-likeness (QED) is 0.336. The van der Waals surface area contributed by atoms with Gasteiger partial charge >= 0.3 is 0 Å². The Balaban J connectivity index is 1.67. The smallest absolute Gasteiger partial charge is 0.140 e. The monoisotopic (exact) mass is 372 g/mol. The molecule has 2 rings (SSSR count). The van der Waals surface area contributed by atoms with Gasteiger partial charge in [-0.25, -0.2) is 0 Å². The average Bonchev–Trinajstić information content (AvgIpc) is 2.69. The Hall–Kier alpha value is -1.31. The maximum absolute atomic E-state index is 12.6. The number of hydrogen-bond acceptors (Lipinski definition) is 2. The molecule has 2 atom stereocenters. The van der Waals surface area contributed by atoms with Crippen molar-refractivity contribution in [3.63, 3.8) is 0 Å². The number of hydrogen-bond donors (Lipinski definition) is 0. The molecule has 0 aliphatic heterocycles. The molecule has 0 radical (unpaired) electrons. The molecule has 0 saturated heterocycles. The Morgan fingerprint density at radius 2 is 1.52 bits per heavy atom. The van der Waals surface area contributed by atoms with Crippen molar-refractivity contribution in [3.05, 3.63) is 29.8 Å². The summed E-state index contributed by atoms with van der Waals surface area (Å²) >= 11 is 0. The fraction of sp³-hybridized carbons (Fsp3) is 0.720. The van der Waals surface area contributed by atoms with Gasteiger partial charge in [-0.3, -0.25) is 4.79 Å². The van der Waals surface area contributed by atoms with Gasteiger partial charge in [-0.15, -0.1) is 0 Å². The van der Waals surface area contributed by atoms with Crippen LogP contribution >= 0.6 is 0 Å². The number of rotatable bonds is 13. The minimum Gasteiger partial charge on any atom is -0.494 e. The Morgan fingerprint density at radius 3 is 2.19 bits per heavy atom. The highest BCUT2D eigenvalue weighted by Crippen LogP contribution is 2.35. The van der Waals surface area contributed by atoms with E-state index in [1.165, 1.54) is 69.8 Å². The molecule has 2 nitrogen and oxygen atoms in total. The molecule has 0 N–H and O–H groups in total. The van der Waals surface area contributed by atoms with Crippen molar-refractivity contribution < 1.29 is 9.53 Å². The highest BCUT2D eigenvalue weighted by Gasteiger charge is 2.29. The SMILES string of the molecule is CCCCCCCCCOc1ccc([C@@H]2CC[C@@H](CCCC)CC2=O)cc1. The first-order chi connectivity index (χ1) is 13.2. The summed E-state index contributed by atoms with van der Waals surface area (Å²) in [5.74, 6) is 2.12. The number of ether oxygens (including phenoxy) is 1. The normalized spacial score (nSPS) is 20.0. The lowest BCUT2D eigenvalue weighted by atomic mass is 9.76. The molecule has 0 aromatic heterocycles. The van der Waals surface area contributed by atoms with E-state index in [4.69, 9.17) is 4.74 Å². The molecule has 1 fully saturated rings. The lowest BCUT2D eigenvalue weighted by molar-refractivity contribution is -0.123. The second kappa shape index (κ2) is 13.0. The van der Waals surface area contributed by atoms with Gasteiger partial charge < -0.3 is 4.74 Å². The Kier molecular flexibility index (Phi) is 10.6. The van der Waals surface area contributed by atoms with Crippen LogP contribution in [-0.4, -0.2) is 12.4 Å². The van der Waals surface area contributed by atoms with Gasteiger partial charge in [0.15, 0.2) is 0 Å². The van der Waals surface area contributed by atoms with Crippen molar-refractivity contribution in [2.24, 2.45) is 5.92 Å².